The Bertz CT molecular complexity index is 642. The third kappa shape index (κ3) is 1.97. The quantitative estimate of drug-likeness (QED) is 0.500. The van der Waals surface area contributed by atoms with Gasteiger partial charge in [-0.05, 0) is 18.6 Å². The number of nitrogens with zero attached hydrogens (tertiary/aromatic N) is 2. The number of nitrogens with two attached hydrogens (primary N) is 1. The van der Waals surface area contributed by atoms with E-state index in [1.807, 2.05) is 38.1 Å². The van der Waals surface area contributed by atoms with Gasteiger partial charge in [0.2, 0.25) is 5.95 Å². The Morgan fingerprint density at radius 3 is 2.70 bits per heavy atom. The molecule has 20 heavy (non-hydrogen) atoms. The Morgan fingerprint density at radius 2 is 2.05 bits per heavy atom. The molecule has 1 saturated carbocycles. The number of aromatic nitrogens is 2. The summed E-state index contributed by atoms with van der Waals surface area (Å²) in [6.45, 7) is 4.09. The number of fused-ring (bicyclic) bond motifs is 1. The number of benzene rings is 1. The minimum absolute atomic E-state index is 0.164. The van der Waals surface area contributed by atoms with Crippen LogP contribution >= 0.6 is 0 Å². The molecule has 0 aliphatic heterocycles. The van der Waals surface area contributed by atoms with Crippen molar-refractivity contribution in [2.75, 3.05) is 10.7 Å². The van der Waals surface area contributed by atoms with Gasteiger partial charge in [0.05, 0.1) is 11.6 Å². The fraction of sp³-hybridized carbons (Fsp3) is 0.429. The topological polar surface area (TPSA) is 96.1 Å². The van der Waals surface area contributed by atoms with Crippen LogP contribution < -0.4 is 16.6 Å². The summed E-state index contributed by atoms with van der Waals surface area (Å²) in [6.07, 6.45) is 0.441. The Balaban J connectivity index is 1.98. The van der Waals surface area contributed by atoms with E-state index in [-0.39, 0.29) is 17.6 Å². The van der Waals surface area contributed by atoms with E-state index in [0.29, 0.717) is 5.95 Å². The second kappa shape index (κ2) is 4.57. The monoisotopic (exact) mass is 273 g/mol. The minimum Gasteiger partial charge on any atom is -0.392 e. The van der Waals surface area contributed by atoms with Crippen LogP contribution in [0.1, 0.15) is 20.3 Å². The fourth-order valence-electron chi connectivity index (χ4n) is 2.56. The maximum absolute atomic E-state index is 9.83. The largest absolute Gasteiger partial charge is 0.392 e. The summed E-state index contributed by atoms with van der Waals surface area (Å²) in [5.74, 6) is 6.54. The third-order valence-electron chi connectivity index (χ3n) is 4.26. The molecular weight excluding hydrogens is 254 g/mol. The van der Waals surface area contributed by atoms with Gasteiger partial charge in [-0.15, -0.1) is 0 Å². The van der Waals surface area contributed by atoms with Crippen molar-refractivity contribution in [1.29, 1.82) is 0 Å². The Labute approximate surface area is 117 Å². The van der Waals surface area contributed by atoms with Crippen molar-refractivity contribution in [2.24, 2.45) is 11.3 Å². The molecule has 1 aromatic carbocycles. The fourth-order valence-corrected chi connectivity index (χ4v) is 2.56. The van der Waals surface area contributed by atoms with E-state index in [9.17, 15) is 5.11 Å². The van der Waals surface area contributed by atoms with Crippen LogP contribution in [0.25, 0.3) is 10.9 Å². The zero-order valence-corrected chi connectivity index (χ0v) is 11.6. The lowest BCUT2D eigenvalue weighted by molar-refractivity contribution is -0.0511. The van der Waals surface area contributed by atoms with E-state index in [2.05, 4.69) is 20.7 Å². The van der Waals surface area contributed by atoms with Gasteiger partial charge in [-0.1, -0.05) is 26.0 Å². The molecule has 1 aliphatic rings. The van der Waals surface area contributed by atoms with Crippen molar-refractivity contribution in [3.8, 4) is 0 Å². The van der Waals surface area contributed by atoms with Crippen LogP contribution in [0.3, 0.4) is 0 Å². The van der Waals surface area contributed by atoms with Crippen LogP contribution in [-0.4, -0.2) is 27.2 Å². The van der Waals surface area contributed by atoms with Crippen LogP contribution in [0.4, 0.5) is 11.8 Å². The number of rotatable bonds is 3. The molecule has 1 aromatic heterocycles. The van der Waals surface area contributed by atoms with Gasteiger partial charge in [-0.2, -0.15) is 4.98 Å². The van der Waals surface area contributed by atoms with E-state index >= 15 is 0 Å². The van der Waals surface area contributed by atoms with Gasteiger partial charge in [-0.3, -0.25) is 5.43 Å². The first kappa shape index (κ1) is 13.1. The zero-order valence-electron chi connectivity index (χ0n) is 11.6. The van der Waals surface area contributed by atoms with Gasteiger partial charge < -0.3 is 10.4 Å². The highest BCUT2D eigenvalue weighted by Crippen LogP contribution is 2.42. The molecule has 0 saturated heterocycles. The lowest BCUT2D eigenvalue weighted by Gasteiger charge is -2.49. The SMILES string of the molecule is CC1(C)C(O)CC1Nc1nc(NN)nc2ccccc12. The van der Waals surface area contributed by atoms with Gasteiger partial charge in [0.15, 0.2) is 0 Å². The summed E-state index contributed by atoms with van der Waals surface area (Å²) in [7, 11) is 0. The molecule has 0 amide bonds. The average Bonchev–Trinajstić information content (AvgIpc) is 2.46. The predicted octanol–water partition coefficient (Wildman–Crippen LogP) is 1.49. The van der Waals surface area contributed by atoms with E-state index < -0.39 is 0 Å². The van der Waals surface area contributed by atoms with Crippen molar-refractivity contribution < 1.29 is 5.11 Å². The predicted molar refractivity (Wildman–Crippen MR) is 79.2 cm³/mol. The molecule has 6 nitrogen and oxygen atoms in total. The van der Waals surface area contributed by atoms with Gasteiger partial charge in [0.25, 0.3) is 0 Å². The molecule has 2 atom stereocenters. The second-order valence-corrected chi connectivity index (χ2v) is 5.83. The van der Waals surface area contributed by atoms with Crippen molar-refractivity contribution >= 4 is 22.7 Å². The van der Waals surface area contributed by atoms with Gasteiger partial charge >= 0.3 is 0 Å². The van der Waals surface area contributed by atoms with Crippen LogP contribution in [0.15, 0.2) is 24.3 Å². The number of anilines is 2. The normalized spacial score (nSPS) is 24.2. The molecule has 0 bridgehead atoms. The molecule has 5 N–H and O–H groups in total. The molecule has 0 spiro atoms. The molecule has 1 fully saturated rings. The van der Waals surface area contributed by atoms with E-state index in [1.54, 1.807) is 0 Å². The second-order valence-electron chi connectivity index (χ2n) is 5.83. The number of nitrogen functional groups attached to an aromatic ring is 1. The zero-order chi connectivity index (χ0) is 14.3. The van der Waals surface area contributed by atoms with Gasteiger partial charge in [-0.25, -0.2) is 10.8 Å². The lowest BCUT2D eigenvalue weighted by atomic mass is 9.64. The Morgan fingerprint density at radius 1 is 1.30 bits per heavy atom. The number of para-hydroxylation sites is 1. The molecular formula is C14H19N5O. The van der Waals surface area contributed by atoms with Crippen LogP contribution in [0.5, 0.6) is 0 Å². The molecule has 106 valence electrons. The summed E-state index contributed by atoms with van der Waals surface area (Å²) in [4.78, 5) is 8.71. The molecule has 1 heterocycles. The summed E-state index contributed by atoms with van der Waals surface area (Å²) in [6, 6.07) is 7.95. The van der Waals surface area contributed by atoms with Crippen molar-refractivity contribution in [1.82, 2.24) is 9.97 Å². The average molecular weight is 273 g/mol. The highest BCUT2D eigenvalue weighted by atomic mass is 16.3. The number of hydrogen-bond donors (Lipinski definition) is 4. The van der Waals surface area contributed by atoms with Crippen molar-refractivity contribution in [2.45, 2.75) is 32.4 Å². The lowest BCUT2D eigenvalue weighted by Crippen LogP contribution is -2.57. The number of hydrazine groups is 1. The van der Waals surface area contributed by atoms with Crippen LogP contribution in [-0.2, 0) is 0 Å². The molecule has 0 radical (unpaired) electrons. The molecule has 3 rings (SSSR count). The van der Waals surface area contributed by atoms with E-state index in [4.69, 9.17) is 5.84 Å². The number of aliphatic hydroxyl groups is 1. The highest BCUT2D eigenvalue weighted by Gasteiger charge is 2.47. The maximum Gasteiger partial charge on any atom is 0.239 e. The van der Waals surface area contributed by atoms with Gasteiger partial charge in [0, 0.05) is 16.8 Å². The number of hydrogen-bond acceptors (Lipinski definition) is 6. The summed E-state index contributed by atoms with van der Waals surface area (Å²) in [5.41, 5.74) is 3.15. The molecule has 2 aromatic rings. The number of nitrogens with one attached hydrogen (secondary N) is 2. The smallest absolute Gasteiger partial charge is 0.239 e. The van der Waals surface area contributed by atoms with E-state index in [1.165, 1.54) is 0 Å². The summed E-state index contributed by atoms with van der Waals surface area (Å²) < 4.78 is 0. The first-order valence-electron chi connectivity index (χ1n) is 6.70. The standard InChI is InChI=1S/C14H19N5O/c1-14(2)10(7-11(14)20)17-12-8-5-3-4-6-9(8)16-13(18-12)19-15/h3-6,10-11,20H,7,15H2,1-2H3,(H2,16,17,18,19). The third-order valence-corrected chi connectivity index (χ3v) is 4.26. The van der Waals surface area contributed by atoms with Gasteiger partial charge in [0.1, 0.15) is 5.82 Å². The molecule has 2 unspecified atom stereocenters. The first-order valence-corrected chi connectivity index (χ1v) is 6.70. The number of aliphatic hydroxyl groups excluding tert-OH is 1. The van der Waals surface area contributed by atoms with Crippen molar-refractivity contribution in [3.05, 3.63) is 24.3 Å². The van der Waals surface area contributed by atoms with E-state index in [0.717, 1.165) is 23.1 Å². The maximum atomic E-state index is 9.83. The summed E-state index contributed by atoms with van der Waals surface area (Å²) >= 11 is 0. The minimum atomic E-state index is -0.278. The first-order chi connectivity index (χ1) is 9.52. The Hall–Kier alpha value is -1.92. The van der Waals surface area contributed by atoms with Crippen LogP contribution in [0.2, 0.25) is 0 Å². The Kier molecular flexibility index (Phi) is 2.99. The molecule has 1 aliphatic carbocycles. The summed E-state index contributed by atoms with van der Waals surface area (Å²) in [5, 5.41) is 14.2. The highest BCUT2D eigenvalue weighted by molar-refractivity contribution is 5.90. The van der Waals surface area contributed by atoms with Crippen LogP contribution in [0, 0.1) is 5.41 Å². The van der Waals surface area contributed by atoms with Crippen molar-refractivity contribution in [3.63, 3.8) is 0 Å². The molecule has 6 heteroatoms.